The third-order valence-electron chi connectivity index (χ3n) is 3.94. The van der Waals surface area contributed by atoms with Crippen molar-refractivity contribution < 1.29 is 4.79 Å². The number of halogens is 2. The number of benzene rings is 1. The Morgan fingerprint density at radius 1 is 1.48 bits per heavy atom. The van der Waals surface area contributed by atoms with Gasteiger partial charge in [0.05, 0.1) is 23.1 Å². The minimum absolute atomic E-state index is 0. The number of hydrogen-bond acceptors (Lipinski definition) is 3. The molecule has 0 spiro atoms. The molecule has 124 valence electrons. The summed E-state index contributed by atoms with van der Waals surface area (Å²) in [5, 5.41) is 10.8. The maximum absolute atomic E-state index is 12.4. The van der Waals surface area contributed by atoms with E-state index < -0.39 is 0 Å². The average Bonchev–Trinajstić information content (AvgIpc) is 2.90. The number of amides is 1. The summed E-state index contributed by atoms with van der Waals surface area (Å²) in [7, 11) is 0. The molecule has 0 saturated carbocycles. The van der Waals surface area contributed by atoms with Crippen LogP contribution in [0.4, 0.5) is 0 Å². The van der Waals surface area contributed by atoms with Crippen molar-refractivity contribution in [2.45, 2.75) is 25.8 Å². The lowest BCUT2D eigenvalue weighted by Gasteiger charge is -2.23. The molecule has 0 aliphatic carbocycles. The van der Waals surface area contributed by atoms with Crippen LogP contribution >= 0.6 is 28.3 Å². The number of piperidine rings is 1. The van der Waals surface area contributed by atoms with Gasteiger partial charge in [-0.05, 0) is 44.5 Å². The largest absolute Gasteiger partial charge is 0.348 e. The van der Waals surface area contributed by atoms with Gasteiger partial charge in [0.25, 0.3) is 5.91 Å². The molecule has 1 atom stereocenters. The van der Waals surface area contributed by atoms with Crippen molar-refractivity contribution in [1.29, 1.82) is 0 Å². The molecule has 0 unspecified atom stereocenters. The van der Waals surface area contributed by atoms with Gasteiger partial charge < -0.3 is 10.6 Å². The van der Waals surface area contributed by atoms with Crippen LogP contribution in [0.25, 0.3) is 5.69 Å². The van der Waals surface area contributed by atoms with Crippen molar-refractivity contribution in [3.8, 4) is 5.69 Å². The molecule has 1 aliphatic heterocycles. The van der Waals surface area contributed by atoms with E-state index in [0.717, 1.165) is 41.8 Å². The topological polar surface area (TPSA) is 59.0 Å². The molecule has 1 fully saturated rings. The number of carbonyl (C=O) groups excluding carboxylic acids is 1. The third-order valence-corrected chi connectivity index (χ3v) is 4.43. The third kappa shape index (κ3) is 4.13. The Kier molecular flexibility index (Phi) is 6.21. The van der Waals surface area contributed by atoms with Crippen molar-refractivity contribution in [1.82, 2.24) is 20.4 Å². The van der Waals surface area contributed by atoms with Crippen LogP contribution in [0, 0.1) is 6.92 Å². The van der Waals surface area contributed by atoms with E-state index in [1.54, 1.807) is 10.9 Å². The van der Waals surface area contributed by atoms with Crippen molar-refractivity contribution >= 4 is 34.2 Å². The maximum Gasteiger partial charge on any atom is 0.255 e. The van der Waals surface area contributed by atoms with Crippen molar-refractivity contribution in [2.75, 3.05) is 13.1 Å². The van der Waals surface area contributed by atoms with Crippen LogP contribution in [0.15, 0.2) is 34.9 Å². The fourth-order valence-electron chi connectivity index (χ4n) is 2.74. The Labute approximate surface area is 150 Å². The van der Waals surface area contributed by atoms with Gasteiger partial charge in [-0.1, -0.05) is 22.0 Å². The van der Waals surface area contributed by atoms with Crippen LogP contribution in [-0.4, -0.2) is 34.8 Å². The monoisotopic (exact) mass is 398 g/mol. The lowest BCUT2D eigenvalue weighted by Crippen LogP contribution is -2.45. The summed E-state index contributed by atoms with van der Waals surface area (Å²) >= 11 is 3.46. The molecule has 3 rings (SSSR count). The highest BCUT2D eigenvalue weighted by molar-refractivity contribution is 9.10. The molecule has 1 aromatic heterocycles. The quantitative estimate of drug-likeness (QED) is 0.834. The van der Waals surface area contributed by atoms with E-state index in [1.807, 2.05) is 31.2 Å². The zero-order valence-corrected chi connectivity index (χ0v) is 15.3. The number of nitrogens with zero attached hydrogens (tertiary/aromatic N) is 2. The van der Waals surface area contributed by atoms with E-state index in [0.29, 0.717) is 5.56 Å². The van der Waals surface area contributed by atoms with Gasteiger partial charge in [0, 0.05) is 17.1 Å². The Morgan fingerprint density at radius 2 is 2.30 bits per heavy atom. The highest BCUT2D eigenvalue weighted by atomic mass is 79.9. The molecule has 1 aromatic carbocycles. The lowest BCUT2D eigenvalue weighted by atomic mass is 10.1. The second kappa shape index (κ2) is 7.95. The van der Waals surface area contributed by atoms with Gasteiger partial charge in [0.2, 0.25) is 0 Å². The molecular weight excluding hydrogens is 380 g/mol. The predicted octanol–water partition coefficient (Wildman–Crippen LogP) is 2.85. The first-order chi connectivity index (χ1) is 10.6. The van der Waals surface area contributed by atoms with Gasteiger partial charge in [-0.25, -0.2) is 4.68 Å². The Balaban J connectivity index is 0.00000192. The molecule has 2 N–H and O–H groups in total. The van der Waals surface area contributed by atoms with Crippen molar-refractivity contribution in [3.63, 3.8) is 0 Å². The smallest absolute Gasteiger partial charge is 0.255 e. The Hall–Kier alpha value is -1.37. The molecule has 2 aromatic rings. The van der Waals surface area contributed by atoms with Gasteiger partial charge in [-0.15, -0.1) is 12.4 Å². The number of aromatic nitrogens is 2. The molecule has 0 bridgehead atoms. The zero-order chi connectivity index (χ0) is 15.5. The standard InChI is InChI=1S/C16H19BrN4O.ClH/c1-11-15(16(22)20-13-5-3-7-18-9-13)10-19-21(11)14-6-2-4-12(17)8-14;/h2,4,6,8,10,13,18H,3,5,7,9H2,1H3,(H,20,22);1H/t13-;/m0./s1. The average molecular weight is 400 g/mol. The minimum atomic E-state index is -0.0487. The predicted molar refractivity (Wildman–Crippen MR) is 96.6 cm³/mol. The first-order valence-electron chi connectivity index (χ1n) is 7.47. The molecule has 2 heterocycles. The molecule has 1 aliphatic rings. The SMILES string of the molecule is Cc1c(C(=O)N[C@H]2CCCNC2)cnn1-c1cccc(Br)c1.Cl. The summed E-state index contributed by atoms with van der Waals surface area (Å²) in [6, 6.07) is 8.07. The number of carbonyl (C=O) groups is 1. The van der Waals surface area contributed by atoms with E-state index >= 15 is 0 Å². The summed E-state index contributed by atoms with van der Waals surface area (Å²) < 4.78 is 2.78. The van der Waals surface area contributed by atoms with Crippen LogP contribution in [0.1, 0.15) is 28.9 Å². The Bertz CT molecular complexity index is 682. The fraction of sp³-hybridized carbons (Fsp3) is 0.375. The number of nitrogens with one attached hydrogen (secondary N) is 2. The van der Waals surface area contributed by atoms with Gasteiger partial charge in [-0.3, -0.25) is 4.79 Å². The summed E-state index contributed by atoms with van der Waals surface area (Å²) in [6.07, 6.45) is 3.76. The first-order valence-corrected chi connectivity index (χ1v) is 8.26. The molecule has 23 heavy (non-hydrogen) atoms. The van der Waals surface area contributed by atoms with Crippen molar-refractivity contribution in [3.05, 3.63) is 46.2 Å². The van der Waals surface area contributed by atoms with Gasteiger partial charge >= 0.3 is 0 Å². The van der Waals surface area contributed by atoms with Crippen LogP contribution in [0.5, 0.6) is 0 Å². The highest BCUT2D eigenvalue weighted by Gasteiger charge is 2.20. The molecule has 0 radical (unpaired) electrons. The lowest BCUT2D eigenvalue weighted by molar-refractivity contribution is 0.0930. The molecule has 1 saturated heterocycles. The number of rotatable bonds is 3. The van der Waals surface area contributed by atoms with E-state index in [9.17, 15) is 4.79 Å². The second-order valence-electron chi connectivity index (χ2n) is 5.55. The zero-order valence-electron chi connectivity index (χ0n) is 12.9. The van der Waals surface area contributed by atoms with E-state index in [1.165, 1.54) is 0 Å². The first kappa shape index (κ1) is 18.0. The van der Waals surface area contributed by atoms with E-state index in [4.69, 9.17) is 0 Å². The summed E-state index contributed by atoms with van der Waals surface area (Å²) in [5.74, 6) is -0.0487. The molecule has 5 nitrogen and oxygen atoms in total. The molecule has 1 amide bonds. The second-order valence-corrected chi connectivity index (χ2v) is 6.47. The highest BCUT2D eigenvalue weighted by Crippen LogP contribution is 2.18. The normalized spacial score (nSPS) is 17.4. The fourth-order valence-corrected chi connectivity index (χ4v) is 3.13. The summed E-state index contributed by atoms with van der Waals surface area (Å²) in [6.45, 7) is 3.79. The molecular formula is C16H20BrClN4O. The van der Waals surface area contributed by atoms with Gasteiger partial charge in [0.1, 0.15) is 0 Å². The van der Waals surface area contributed by atoms with E-state index in [-0.39, 0.29) is 24.4 Å². The molecule has 7 heteroatoms. The summed E-state index contributed by atoms with van der Waals surface area (Å²) in [4.78, 5) is 12.4. The van der Waals surface area contributed by atoms with E-state index in [2.05, 4.69) is 31.7 Å². The van der Waals surface area contributed by atoms with Crippen LogP contribution in [0.3, 0.4) is 0 Å². The van der Waals surface area contributed by atoms with Crippen LogP contribution in [-0.2, 0) is 0 Å². The van der Waals surface area contributed by atoms with Crippen molar-refractivity contribution in [2.24, 2.45) is 0 Å². The number of hydrogen-bond donors (Lipinski definition) is 2. The minimum Gasteiger partial charge on any atom is -0.348 e. The summed E-state index contributed by atoms with van der Waals surface area (Å²) in [5.41, 5.74) is 2.41. The van der Waals surface area contributed by atoms with Crippen LogP contribution < -0.4 is 10.6 Å². The Morgan fingerprint density at radius 3 is 3.00 bits per heavy atom. The van der Waals surface area contributed by atoms with Gasteiger partial charge in [0.15, 0.2) is 0 Å². The van der Waals surface area contributed by atoms with Crippen LogP contribution in [0.2, 0.25) is 0 Å². The maximum atomic E-state index is 12.4. The van der Waals surface area contributed by atoms with Gasteiger partial charge in [-0.2, -0.15) is 5.10 Å².